The van der Waals surface area contributed by atoms with Gasteiger partial charge in [-0.05, 0) is 19.3 Å². The van der Waals surface area contributed by atoms with Crippen molar-refractivity contribution in [3.8, 4) is 0 Å². The summed E-state index contributed by atoms with van der Waals surface area (Å²) in [6.45, 7) is 7.36. The van der Waals surface area contributed by atoms with Crippen molar-refractivity contribution in [1.82, 2.24) is 9.78 Å². The second kappa shape index (κ2) is 3.61. The maximum absolute atomic E-state index is 5.78. The van der Waals surface area contributed by atoms with Crippen molar-refractivity contribution >= 4 is 5.69 Å². The number of anilines is 1. The molecule has 0 amide bonds. The van der Waals surface area contributed by atoms with Crippen molar-refractivity contribution in [2.45, 2.75) is 33.7 Å². The van der Waals surface area contributed by atoms with Gasteiger partial charge < -0.3 is 5.73 Å². The van der Waals surface area contributed by atoms with Gasteiger partial charge in [-0.2, -0.15) is 5.10 Å². The summed E-state index contributed by atoms with van der Waals surface area (Å²) in [6.07, 6.45) is 2.75. The van der Waals surface area contributed by atoms with Crippen LogP contribution in [0.25, 0.3) is 0 Å². The molecule has 0 aliphatic rings. The van der Waals surface area contributed by atoms with Crippen molar-refractivity contribution in [2.75, 3.05) is 5.73 Å². The number of hydrogen-bond donors (Lipinski definition) is 1. The SMILES string of the molecule is CCn1ncc(N)c1CC(C)C. The molecular weight excluding hydrogens is 150 g/mol. The lowest BCUT2D eigenvalue weighted by atomic mass is 10.1. The number of aromatic nitrogens is 2. The molecule has 1 heterocycles. The lowest BCUT2D eigenvalue weighted by Crippen LogP contribution is -2.07. The average molecular weight is 167 g/mol. The lowest BCUT2D eigenvalue weighted by Gasteiger charge is -2.07. The first-order valence-corrected chi connectivity index (χ1v) is 4.45. The van der Waals surface area contributed by atoms with Gasteiger partial charge in [0.05, 0.1) is 17.6 Å². The summed E-state index contributed by atoms with van der Waals surface area (Å²) in [5, 5.41) is 4.18. The van der Waals surface area contributed by atoms with Crippen LogP contribution in [0.15, 0.2) is 6.20 Å². The van der Waals surface area contributed by atoms with E-state index in [9.17, 15) is 0 Å². The van der Waals surface area contributed by atoms with E-state index in [1.165, 1.54) is 5.69 Å². The maximum Gasteiger partial charge on any atom is 0.0733 e. The maximum atomic E-state index is 5.78. The van der Waals surface area contributed by atoms with Gasteiger partial charge in [-0.3, -0.25) is 4.68 Å². The second-order valence-electron chi connectivity index (χ2n) is 3.46. The average Bonchev–Trinajstić information content (AvgIpc) is 2.32. The van der Waals surface area contributed by atoms with Gasteiger partial charge in [0.15, 0.2) is 0 Å². The molecule has 0 unspecified atom stereocenters. The Morgan fingerprint density at radius 2 is 2.25 bits per heavy atom. The van der Waals surface area contributed by atoms with Crippen molar-refractivity contribution < 1.29 is 0 Å². The van der Waals surface area contributed by atoms with Gasteiger partial charge in [0.25, 0.3) is 0 Å². The monoisotopic (exact) mass is 167 g/mol. The Kier molecular flexibility index (Phi) is 2.74. The first-order chi connectivity index (χ1) is 5.65. The summed E-state index contributed by atoms with van der Waals surface area (Å²) in [6, 6.07) is 0. The fraction of sp³-hybridized carbons (Fsp3) is 0.667. The predicted molar refractivity (Wildman–Crippen MR) is 50.9 cm³/mol. The predicted octanol–water partition coefficient (Wildman–Crippen LogP) is 1.68. The molecule has 0 aliphatic heterocycles. The Bertz CT molecular complexity index is 250. The van der Waals surface area contributed by atoms with Crippen molar-refractivity contribution in [2.24, 2.45) is 5.92 Å². The third-order valence-corrected chi connectivity index (χ3v) is 1.88. The van der Waals surface area contributed by atoms with Gasteiger partial charge in [-0.1, -0.05) is 13.8 Å². The van der Waals surface area contributed by atoms with E-state index in [1.54, 1.807) is 6.20 Å². The fourth-order valence-corrected chi connectivity index (χ4v) is 1.31. The summed E-state index contributed by atoms with van der Waals surface area (Å²) >= 11 is 0. The molecule has 12 heavy (non-hydrogen) atoms. The number of hydrogen-bond acceptors (Lipinski definition) is 2. The molecule has 2 N–H and O–H groups in total. The summed E-state index contributed by atoms with van der Waals surface area (Å²) in [7, 11) is 0. The van der Waals surface area contributed by atoms with E-state index in [0.29, 0.717) is 5.92 Å². The van der Waals surface area contributed by atoms with E-state index in [2.05, 4.69) is 25.9 Å². The van der Waals surface area contributed by atoms with Crippen LogP contribution < -0.4 is 5.73 Å². The van der Waals surface area contributed by atoms with Gasteiger partial charge in [0.1, 0.15) is 0 Å². The highest BCUT2D eigenvalue weighted by molar-refractivity contribution is 5.41. The number of aryl methyl sites for hydroxylation is 1. The van der Waals surface area contributed by atoms with Crippen LogP contribution in [0.3, 0.4) is 0 Å². The number of nitrogens with two attached hydrogens (primary N) is 1. The van der Waals surface area contributed by atoms with Crippen LogP contribution in [0.1, 0.15) is 26.5 Å². The quantitative estimate of drug-likeness (QED) is 0.744. The molecule has 0 atom stereocenters. The molecule has 68 valence electrons. The molecule has 3 nitrogen and oxygen atoms in total. The minimum Gasteiger partial charge on any atom is -0.396 e. The van der Waals surface area contributed by atoms with Crippen LogP contribution in [0.4, 0.5) is 5.69 Å². The summed E-state index contributed by atoms with van der Waals surface area (Å²) in [5.74, 6) is 0.634. The Labute approximate surface area is 73.6 Å². The molecule has 0 fully saturated rings. The van der Waals surface area contributed by atoms with Crippen LogP contribution in [-0.2, 0) is 13.0 Å². The molecule has 0 aromatic carbocycles. The zero-order valence-electron chi connectivity index (χ0n) is 8.04. The third kappa shape index (κ3) is 1.78. The zero-order valence-corrected chi connectivity index (χ0v) is 8.04. The van der Waals surface area contributed by atoms with Gasteiger partial charge in [-0.15, -0.1) is 0 Å². The Balaban J connectivity index is 2.86. The second-order valence-corrected chi connectivity index (χ2v) is 3.46. The standard InChI is InChI=1S/C9H17N3/c1-4-12-9(5-7(2)3)8(10)6-11-12/h6-7H,4-5,10H2,1-3H3. The number of rotatable bonds is 3. The zero-order chi connectivity index (χ0) is 9.14. The van der Waals surface area contributed by atoms with E-state index >= 15 is 0 Å². The summed E-state index contributed by atoms with van der Waals surface area (Å²) in [4.78, 5) is 0. The first kappa shape index (κ1) is 9.10. The lowest BCUT2D eigenvalue weighted by molar-refractivity contribution is 0.564. The smallest absolute Gasteiger partial charge is 0.0733 e. The molecule has 1 rings (SSSR count). The van der Waals surface area contributed by atoms with E-state index < -0.39 is 0 Å². The molecule has 0 saturated heterocycles. The fourth-order valence-electron chi connectivity index (χ4n) is 1.31. The molecule has 1 aromatic heterocycles. The molecular formula is C9H17N3. The van der Waals surface area contributed by atoms with Gasteiger partial charge in [-0.25, -0.2) is 0 Å². The molecule has 0 bridgehead atoms. The molecule has 0 aliphatic carbocycles. The molecule has 3 heteroatoms. The van der Waals surface area contributed by atoms with Gasteiger partial charge >= 0.3 is 0 Å². The molecule has 0 saturated carbocycles. The highest BCUT2D eigenvalue weighted by Gasteiger charge is 2.07. The minimum atomic E-state index is 0.634. The highest BCUT2D eigenvalue weighted by atomic mass is 15.3. The Hall–Kier alpha value is -0.990. The van der Waals surface area contributed by atoms with Crippen LogP contribution in [0, 0.1) is 5.92 Å². The van der Waals surface area contributed by atoms with Gasteiger partial charge in [0, 0.05) is 6.54 Å². The summed E-state index contributed by atoms with van der Waals surface area (Å²) in [5.41, 5.74) is 7.78. The minimum absolute atomic E-state index is 0.634. The van der Waals surface area contributed by atoms with E-state index in [0.717, 1.165) is 18.7 Å². The van der Waals surface area contributed by atoms with Crippen LogP contribution >= 0.6 is 0 Å². The number of nitrogen functional groups attached to an aromatic ring is 1. The first-order valence-electron chi connectivity index (χ1n) is 4.45. The molecule has 0 spiro atoms. The third-order valence-electron chi connectivity index (χ3n) is 1.88. The number of nitrogens with zero attached hydrogens (tertiary/aromatic N) is 2. The van der Waals surface area contributed by atoms with Crippen LogP contribution in [0.2, 0.25) is 0 Å². The Morgan fingerprint density at radius 3 is 2.75 bits per heavy atom. The highest BCUT2D eigenvalue weighted by Crippen LogP contribution is 2.15. The largest absolute Gasteiger partial charge is 0.396 e. The summed E-state index contributed by atoms with van der Waals surface area (Å²) < 4.78 is 1.97. The Morgan fingerprint density at radius 1 is 1.58 bits per heavy atom. The van der Waals surface area contributed by atoms with E-state index in [4.69, 9.17) is 5.73 Å². The van der Waals surface area contributed by atoms with Crippen molar-refractivity contribution in [3.05, 3.63) is 11.9 Å². The van der Waals surface area contributed by atoms with Crippen molar-refractivity contribution in [1.29, 1.82) is 0 Å². The topological polar surface area (TPSA) is 43.8 Å². The van der Waals surface area contributed by atoms with Crippen molar-refractivity contribution in [3.63, 3.8) is 0 Å². The molecule has 1 aromatic rings. The van der Waals surface area contributed by atoms with Gasteiger partial charge in [0.2, 0.25) is 0 Å². The van der Waals surface area contributed by atoms with E-state index in [-0.39, 0.29) is 0 Å². The van der Waals surface area contributed by atoms with Crippen LogP contribution in [0.5, 0.6) is 0 Å². The normalized spacial score (nSPS) is 11.0. The molecule has 0 radical (unpaired) electrons. The van der Waals surface area contributed by atoms with Crippen LogP contribution in [-0.4, -0.2) is 9.78 Å². The van der Waals surface area contributed by atoms with E-state index in [1.807, 2.05) is 4.68 Å².